The number of hydrogen-bond donors (Lipinski definition) is 1. The maximum atomic E-state index is 6.40. The molecule has 2 fully saturated rings. The van der Waals surface area contributed by atoms with Gasteiger partial charge in [0.05, 0.1) is 6.04 Å². The van der Waals surface area contributed by atoms with E-state index in [1.807, 2.05) is 12.1 Å². The predicted molar refractivity (Wildman–Crippen MR) is 80.3 cm³/mol. The standard InChI is InChI=1S/C16H23ClN2/c1-11(18)16(14-4-2-3-5-15(14)17)19(13-8-9-13)10-12-6-7-12/h2-5,11-13,16H,6-10,18H2,1H3. The Morgan fingerprint density at radius 3 is 2.47 bits per heavy atom. The second kappa shape index (κ2) is 5.43. The Hall–Kier alpha value is -0.570. The molecule has 0 aliphatic heterocycles. The Morgan fingerprint density at radius 1 is 1.26 bits per heavy atom. The third kappa shape index (κ3) is 3.13. The van der Waals surface area contributed by atoms with Crippen LogP contribution in [0.4, 0.5) is 0 Å². The van der Waals surface area contributed by atoms with Crippen LogP contribution in [0, 0.1) is 5.92 Å². The smallest absolute Gasteiger partial charge is 0.0514 e. The number of benzene rings is 1. The quantitative estimate of drug-likeness (QED) is 0.861. The molecule has 0 bridgehead atoms. The maximum Gasteiger partial charge on any atom is 0.0514 e. The van der Waals surface area contributed by atoms with E-state index in [2.05, 4.69) is 24.0 Å². The molecule has 2 unspecified atom stereocenters. The molecule has 0 heterocycles. The third-order valence-electron chi connectivity index (χ3n) is 4.26. The van der Waals surface area contributed by atoms with E-state index in [1.54, 1.807) is 0 Å². The van der Waals surface area contributed by atoms with Gasteiger partial charge in [-0.05, 0) is 50.2 Å². The fraction of sp³-hybridized carbons (Fsp3) is 0.625. The molecule has 0 saturated heterocycles. The minimum absolute atomic E-state index is 0.110. The zero-order valence-electron chi connectivity index (χ0n) is 11.6. The van der Waals surface area contributed by atoms with Crippen molar-refractivity contribution < 1.29 is 0 Å². The van der Waals surface area contributed by atoms with Crippen LogP contribution in [0.15, 0.2) is 24.3 Å². The second-order valence-corrected chi connectivity index (χ2v) is 6.60. The maximum absolute atomic E-state index is 6.40. The van der Waals surface area contributed by atoms with E-state index in [9.17, 15) is 0 Å². The summed E-state index contributed by atoms with van der Waals surface area (Å²) < 4.78 is 0. The van der Waals surface area contributed by atoms with Gasteiger partial charge >= 0.3 is 0 Å². The lowest BCUT2D eigenvalue weighted by molar-refractivity contribution is 0.159. The average molecular weight is 279 g/mol. The first-order valence-corrected chi connectivity index (χ1v) is 7.80. The Bertz CT molecular complexity index is 438. The minimum atomic E-state index is 0.110. The fourth-order valence-corrected chi connectivity index (χ4v) is 3.22. The van der Waals surface area contributed by atoms with Crippen LogP contribution in [0.2, 0.25) is 5.02 Å². The van der Waals surface area contributed by atoms with E-state index >= 15 is 0 Å². The summed E-state index contributed by atoms with van der Waals surface area (Å²) in [4.78, 5) is 2.63. The topological polar surface area (TPSA) is 29.3 Å². The van der Waals surface area contributed by atoms with Crippen molar-refractivity contribution >= 4 is 11.6 Å². The van der Waals surface area contributed by atoms with Crippen LogP contribution < -0.4 is 5.73 Å². The zero-order valence-corrected chi connectivity index (χ0v) is 12.3. The van der Waals surface area contributed by atoms with Crippen LogP contribution in [0.25, 0.3) is 0 Å². The molecule has 2 atom stereocenters. The van der Waals surface area contributed by atoms with Gasteiger partial charge in [-0.2, -0.15) is 0 Å². The van der Waals surface area contributed by atoms with Crippen LogP contribution in [-0.2, 0) is 0 Å². The van der Waals surface area contributed by atoms with Crippen LogP contribution in [-0.4, -0.2) is 23.5 Å². The summed E-state index contributed by atoms with van der Waals surface area (Å²) in [5.41, 5.74) is 7.50. The summed E-state index contributed by atoms with van der Waals surface area (Å²) in [5.74, 6) is 0.893. The molecule has 3 rings (SSSR count). The van der Waals surface area contributed by atoms with Crippen molar-refractivity contribution in [3.05, 3.63) is 34.9 Å². The van der Waals surface area contributed by atoms with Gasteiger partial charge in [0.1, 0.15) is 0 Å². The van der Waals surface area contributed by atoms with E-state index in [1.165, 1.54) is 37.8 Å². The highest BCUT2D eigenvalue weighted by Crippen LogP contribution is 2.41. The molecule has 104 valence electrons. The van der Waals surface area contributed by atoms with Crippen molar-refractivity contribution in [1.82, 2.24) is 4.90 Å². The number of nitrogens with zero attached hydrogens (tertiary/aromatic N) is 1. The van der Waals surface area contributed by atoms with Crippen molar-refractivity contribution in [1.29, 1.82) is 0 Å². The summed E-state index contributed by atoms with van der Waals surface area (Å²) in [7, 11) is 0. The highest BCUT2D eigenvalue weighted by atomic mass is 35.5. The van der Waals surface area contributed by atoms with Gasteiger partial charge in [0, 0.05) is 23.7 Å². The third-order valence-corrected chi connectivity index (χ3v) is 4.61. The van der Waals surface area contributed by atoms with Crippen molar-refractivity contribution in [2.24, 2.45) is 11.7 Å². The van der Waals surface area contributed by atoms with E-state index in [4.69, 9.17) is 17.3 Å². The molecule has 2 saturated carbocycles. The van der Waals surface area contributed by atoms with Crippen molar-refractivity contribution in [3.8, 4) is 0 Å². The molecule has 0 spiro atoms. The van der Waals surface area contributed by atoms with Gasteiger partial charge < -0.3 is 5.73 Å². The molecule has 1 aromatic carbocycles. The summed E-state index contributed by atoms with van der Waals surface area (Å²) in [5, 5.41) is 0.853. The highest BCUT2D eigenvalue weighted by molar-refractivity contribution is 6.31. The summed E-state index contributed by atoms with van der Waals surface area (Å²) >= 11 is 6.40. The summed E-state index contributed by atoms with van der Waals surface area (Å²) in [6.07, 6.45) is 5.41. The van der Waals surface area contributed by atoms with Gasteiger partial charge in [-0.1, -0.05) is 29.8 Å². The minimum Gasteiger partial charge on any atom is -0.326 e. The van der Waals surface area contributed by atoms with Crippen molar-refractivity contribution in [2.45, 2.75) is 50.7 Å². The molecule has 2 N–H and O–H groups in total. The number of rotatable bonds is 6. The van der Waals surface area contributed by atoms with Crippen molar-refractivity contribution in [2.75, 3.05) is 6.54 Å². The van der Waals surface area contributed by atoms with Crippen LogP contribution in [0.1, 0.15) is 44.2 Å². The van der Waals surface area contributed by atoms with E-state index < -0.39 is 0 Å². The molecule has 0 radical (unpaired) electrons. The molecule has 0 aromatic heterocycles. The normalized spacial score (nSPS) is 22.5. The van der Waals surface area contributed by atoms with Gasteiger partial charge in [-0.3, -0.25) is 4.90 Å². The van der Waals surface area contributed by atoms with Gasteiger partial charge in [-0.15, -0.1) is 0 Å². The number of nitrogens with two attached hydrogens (primary N) is 1. The lowest BCUT2D eigenvalue weighted by atomic mass is 9.98. The summed E-state index contributed by atoms with van der Waals surface area (Å²) in [6.45, 7) is 3.30. The Kier molecular flexibility index (Phi) is 3.84. The first-order valence-electron chi connectivity index (χ1n) is 7.42. The lowest BCUT2D eigenvalue weighted by Gasteiger charge is -2.35. The molecule has 2 nitrogen and oxygen atoms in total. The largest absolute Gasteiger partial charge is 0.326 e. The number of hydrogen-bond acceptors (Lipinski definition) is 2. The lowest BCUT2D eigenvalue weighted by Crippen LogP contribution is -2.42. The Balaban J connectivity index is 1.87. The first kappa shape index (κ1) is 13.4. The molecule has 0 amide bonds. The Labute approximate surface area is 120 Å². The van der Waals surface area contributed by atoms with Crippen LogP contribution >= 0.6 is 11.6 Å². The monoisotopic (exact) mass is 278 g/mol. The van der Waals surface area contributed by atoms with E-state index in [-0.39, 0.29) is 12.1 Å². The van der Waals surface area contributed by atoms with E-state index in [0.29, 0.717) is 0 Å². The fourth-order valence-electron chi connectivity index (χ4n) is 2.97. The van der Waals surface area contributed by atoms with Gasteiger partial charge in [0.25, 0.3) is 0 Å². The highest BCUT2D eigenvalue weighted by Gasteiger charge is 2.39. The second-order valence-electron chi connectivity index (χ2n) is 6.20. The van der Waals surface area contributed by atoms with E-state index in [0.717, 1.165) is 17.0 Å². The predicted octanol–water partition coefficient (Wildman–Crippen LogP) is 3.60. The van der Waals surface area contributed by atoms with Gasteiger partial charge in [0.2, 0.25) is 0 Å². The van der Waals surface area contributed by atoms with Gasteiger partial charge in [0.15, 0.2) is 0 Å². The SMILES string of the molecule is CC(N)C(c1ccccc1Cl)N(CC1CC1)C1CC1. The first-order chi connectivity index (χ1) is 9.16. The molecule has 19 heavy (non-hydrogen) atoms. The van der Waals surface area contributed by atoms with Gasteiger partial charge in [-0.25, -0.2) is 0 Å². The zero-order chi connectivity index (χ0) is 13.4. The molecule has 2 aliphatic rings. The molecule has 1 aromatic rings. The molecule has 3 heteroatoms. The molecule has 2 aliphatic carbocycles. The Morgan fingerprint density at radius 2 is 1.95 bits per heavy atom. The van der Waals surface area contributed by atoms with Crippen LogP contribution in [0.3, 0.4) is 0 Å². The summed E-state index contributed by atoms with van der Waals surface area (Å²) in [6, 6.07) is 9.28. The molecular weight excluding hydrogens is 256 g/mol. The van der Waals surface area contributed by atoms with Crippen molar-refractivity contribution in [3.63, 3.8) is 0 Å². The van der Waals surface area contributed by atoms with Crippen LogP contribution in [0.5, 0.6) is 0 Å². The molecular formula is C16H23ClN2. The number of halogens is 1. The average Bonchev–Trinajstić information content (AvgIpc) is 3.25.